The fourth-order valence-electron chi connectivity index (χ4n) is 3.19. The van der Waals surface area contributed by atoms with Gasteiger partial charge in [0.25, 0.3) is 0 Å². The first-order valence-corrected chi connectivity index (χ1v) is 8.34. The molecular weight excluding hydrogens is 312 g/mol. The Morgan fingerprint density at radius 3 is 2.52 bits per heavy atom. The van der Waals surface area contributed by atoms with Crippen LogP contribution in [0.5, 0.6) is 11.5 Å². The highest BCUT2D eigenvalue weighted by molar-refractivity contribution is 5.71. The lowest BCUT2D eigenvalue weighted by Gasteiger charge is -2.10. The molecule has 4 nitrogen and oxygen atoms in total. The lowest BCUT2D eigenvalue weighted by molar-refractivity contribution is -0.671. The molecule has 1 aromatic carbocycles. The van der Waals surface area contributed by atoms with Gasteiger partial charge in [0, 0.05) is 35.3 Å². The van der Waals surface area contributed by atoms with Crippen LogP contribution in [-0.4, -0.2) is 11.4 Å². The van der Waals surface area contributed by atoms with Gasteiger partial charge in [-0.15, -0.1) is 0 Å². The van der Waals surface area contributed by atoms with Gasteiger partial charge in [-0.3, -0.25) is 0 Å². The highest BCUT2D eigenvalue weighted by Gasteiger charge is 2.16. The van der Waals surface area contributed by atoms with Crippen molar-refractivity contribution < 1.29 is 14.0 Å². The summed E-state index contributed by atoms with van der Waals surface area (Å²) in [7, 11) is 2.02. The summed E-state index contributed by atoms with van der Waals surface area (Å²) in [5.74, 6) is 1.61. The molecule has 0 spiro atoms. The van der Waals surface area contributed by atoms with Crippen LogP contribution in [0.15, 0.2) is 48.8 Å². The third-order valence-electron chi connectivity index (χ3n) is 4.54. The summed E-state index contributed by atoms with van der Waals surface area (Å²) >= 11 is 0. The molecule has 0 atom stereocenters. The molecule has 0 amide bonds. The van der Waals surface area contributed by atoms with E-state index in [0.717, 1.165) is 17.2 Å². The van der Waals surface area contributed by atoms with E-state index in [0.29, 0.717) is 6.79 Å². The topological polar surface area (TPSA) is 27.3 Å². The third-order valence-corrected chi connectivity index (χ3v) is 4.54. The van der Waals surface area contributed by atoms with E-state index in [9.17, 15) is 0 Å². The minimum Gasteiger partial charge on any atom is -0.454 e. The molecule has 3 aromatic rings. The molecule has 1 aliphatic heterocycles. The molecule has 0 fully saturated rings. The van der Waals surface area contributed by atoms with Gasteiger partial charge in [-0.1, -0.05) is 12.2 Å². The highest BCUT2D eigenvalue weighted by atomic mass is 16.7. The van der Waals surface area contributed by atoms with Gasteiger partial charge in [0.05, 0.1) is 0 Å². The zero-order valence-electron chi connectivity index (χ0n) is 14.7. The number of fused-ring (bicyclic) bond motifs is 1. The maximum atomic E-state index is 5.51. The van der Waals surface area contributed by atoms with Crippen molar-refractivity contribution in [2.45, 2.75) is 13.8 Å². The summed E-state index contributed by atoms with van der Waals surface area (Å²) < 4.78 is 15.2. The maximum absolute atomic E-state index is 5.51. The number of aryl methyl sites for hydroxylation is 2. The van der Waals surface area contributed by atoms with E-state index in [4.69, 9.17) is 9.47 Å². The quantitative estimate of drug-likeness (QED) is 0.682. The van der Waals surface area contributed by atoms with Crippen LogP contribution >= 0.6 is 0 Å². The van der Waals surface area contributed by atoms with Crippen molar-refractivity contribution in [3.05, 3.63) is 71.3 Å². The summed E-state index contributed by atoms with van der Waals surface area (Å²) in [6.45, 7) is 4.56. The Kier molecular flexibility index (Phi) is 3.80. The summed E-state index contributed by atoms with van der Waals surface area (Å²) in [4.78, 5) is 0. The van der Waals surface area contributed by atoms with E-state index in [1.807, 2.05) is 23.7 Å². The number of nitrogens with zero attached hydrogens (tertiary/aromatic N) is 2. The minimum atomic E-state index is 0.297. The van der Waals surface area contributed by atoms with Crippen LogP contribution in [0.25, 0.3) is 17.8 Å². The van der Waals surface area contributed by atoms with Crippen LogP contribution in [0.4, 0.5) is 0 Å². The maximum Gasteiger partial charge on any atom is 0.231 e. The van der Waals surface area contributed by atoms with Crippen molar-refractivity contribution in [3.63, 3.8) is 0 Å². The number of rotatable bonds is 3. The number of hydrogen-bond donors (Lipinski definition) is 0. The van der Waals surface area contributed by atoms with Gasteiger partial charge in [-0.25, -0.2) is 4.57 Å². The summed E-state index contributed by atoms with van der Waals surface area (Å²) in [6.07, 6.45) is 8.41. The standard InChI is InChI=1S/C21H21N2O2/c1-15-12-18(5-4-17-8-10-22(3)11-9-17)16(2)23(15)19-6-7-20-21(13-19)25-14-24-20/h4-13H,14H2,1-3H3/q+1. The lowest BCUT2D eigenvalue weighted by Crippen LogP contribution is -2.25. The van der Waals surface area contributed by atoms with Gasteiger partial charge in [-0.2, -0.15) is 0 Å². The molecule has 1 aliphatic rings. The number of aromatic nitrogens is 2. The molecule has 2 aromatic heterocycles. The van der Waals surface area contributed by atoms with Crippen molar-refractivity contribution in [3.8, 4) is 17.2 Å². The molecule has 3 heterocycles. The van der Waals surface area contributed by atoms with E-state index in [1.54, 1.807) is 0 Å². The molecule has 4 heteroatoms. The SMILES string of the molecule is Cc1cc(/C=C/c2cc[n+](C)cc2)c(C)n1-c1ccc2c(c1)OCO2. The number of ether oxygens (including phenoxy) is 2. The average Bonchev–Trinajstić information content (AvgIpc) is 3.18. The zero-order chi connectivity index (χ0) is 17.4. The van der Waals surface area contributed by atoms with Gasteiger partial charge in [-0.05, 0) is 43.2 Å². The van der Waals surface area contributed by atoms with Crippen molar-refractivity contribution in [1.29, 1.82) is 0 Å². The van der Waals surface area contributed by atoms with E-state index in [-0.39, 0.29) is 0 Å². The number of pyridine rings is 1. The Hall–Kier alpha value is -3.01. The monoisotopic (exact) mass is 333 g/mol. The first-order chi connectivity index (χ1) is 12.1. The fourth-order valence-corrected chi connectivity index (χ4v) is 3.19. The Morgan fingerprint density at radius 1 is 0.960 bits per heavy atom. The first-order valence-electron chi connectivity index (χ1n) is 8.34. The summed E-state index contributed by atoms with van der Waals surface area (Å²) in [5, 5.41) is 0. The van der Waals surface area contributed by atoms with Gasteiger partial charge in [0.2, 0.25) is 6.79 Å². The smallest absolute Gasteiger partial charge is 0.231 e. The van der Waals surface area contributed by atoms with E-state index >= 15 is 0 Å². The Bertz CT molecular complexity index is 953. The Morgan fingerprint density at radius 2 is 1.72 bits per heavy atom. The first kappa shape index (κ1) is 15.5. The second-order valence-electron chi connectivity index (χ2n) is 6.33. The Balaban J connectivity index is 1.68. The van der Waals surface area contributed by atoms with E-state index in [2.05, 4.69) is 67.2 Å². The summed E-state index contributed by atoms with van der Waals surface area (Å²) in [5.41, 5.74) is 5.88. The molecule has 0 bridgehead atoms. The third kappa shape index (κ3) is 2.91. The summed E-state index contributed by atoms with van der Waals surface area (Å²) in [6, 6.07) is 12.5. The molecule has 25 heavy (non-hydrogen) atoms. The molecule has 0 saturated heterocycles. The minimum absolute atomic E-state index is 0.297. The largest absolute Gasteiger partial charge is 0.454 e. The second-order valence-corrected chi connectivity index (χ2v) is 6.33. The molecule has 0 radical (unpaired) electrons. The van der Waals surface area contributed by atoms with Crippen LogP contribution in [0.1, 0.15) is 22.5 Å². The van der Waals surface area contributed by atoms with Crippen LogP contribution in [-0.2, 0) is 7.05 Å². The van der Waals surface area contributed by atoms with Crippen LogP contribution < -0.4 is 14.0 Å². The zero-order valence-corrected chi connectivity index (χ0v) is 14.7. The normalized spacial score (nSPS) is 12.9. The highest BCUT2D eigenvalue weighted by Crippen LogP contribution is 2.35. The molecule has 0 N–H and O–H groups in total. The van der Waals surface area contributed by atoms with Gasteiger partial charge >= 0.3 is 0 Å². The van der Waals surface area contributed by atoms with Crippen LogP contribution in [0.2, 0.25) is 0 Å². The molecule has 0 saturated carbocycles. The van der Waals surface area contributed by atoms with Crippen molar-refractivity contribution >= 4 is 12.2 Å². The van der Waals surface area contributed by atoms with E-state index < -0.39 is 0 Å². The van der Waals surface area contributed by atoms with Crippen molar-refractivity contribution in [1.82, 2.24) is 4.57 Å². The molecular formula is C21H21N2O2+. The molecule has 0 aliphatic carbocycles. The number of hydrogen-bond acceptors (Lipinski definition) is 2. The van der Waals surface area contributed by atoms with Crippen molar-refractivity contribution in [2.24, 2.45) is 7.05 Å². The van der Waals surface area contributed by atoms with Gasteiger partial charge in [0.15, 0.2) is 23.9 Å². The van der Waals surface area contributed by atoms with Gasteiger partial charge in [0.1, 0.15) is 7.05 Å². The van der Waals surface area contributed by atoms with E-state index in [1.165, 1.54) is 22.5 Å². The van der Waals surface area contributed by atoms with Crippen LogP contribution in [0.3, 0.4) is 0 Å². The predicted molar refractivity (Wildman–Crippen MR) is 97.9 cm³/mol. The molecule has 126 valence electrons. The lowest BCUT2D eigenvalue weighted by atomic mass is 10.2. The predicted octanol–water partition coefficient (Wildman–Crippen LogP) is 3.82. The second kappa shape index (κ2) is 6.13. The fraction of sp³-hybridized carbons (Fsp3) is 0.190. The van der Waals surface area contributed by atoms with Crippen molar-refractivity contribution in [2.75, 3.05) is 6.79 Å². The Labute approximate surface area is 147 Å². The van der Waals surface area contributed by atoms with Gasteiger partial charge < -0.3 is 14.0 Å². The molecule has 4 rings (SSSR count). The number of benzene rings is 1. The van der Waals surface area contributed by atoms with Crippen LogP contribution in [0, 0.1) is 13.8 Å². The average molecular weight is 333 g/mol. The molecule has 0 unspecified atom stereocenters.